The number of rotatable bonds is 4. The van der Waals surface area contributed by atoms with E-state index in [0.717, 1.165) is 0 Å². The minimum Gasteiger partial charge on any atom is -0.406 e. The Balaban J connectivity index is 1.97. The van der Waals surface area contributed by atoms with Crippen molar-refractivity contribution in [3.63, 3.8) is 0 Å². The first kappa shape index (κ1) is 15.6. The summed E-state index contributed by atoms with van der Waals surface area (Å²) >= 11 is 3.19. The smallest absolute Gasteiger partial charge is 0.406 e. The van der Waals surface area contributed by atoms with Crippen LogP contribution in [0.15, 0.2) is 46.9 Å². The minimum absolute atomic E-state index is 0.290. The third-order valence-electron chi connectivity index (χ3n) is 2.51. The lowest BCUT2D eigenvalue weighted by Gasteiger charge is -2.10. The number of benzene rings is 2. The van der Waals surface area contributed by atoms with Gasteiger partial charge in [0.2, 0.25) is 0 Å². The van der Waals surface area contributed by atoms with Crippen LogP contribution in [0.25, 0.3) is 0 Å². The molecule has 0 unspecified atom stereocenters. The van der Waals surface area contributed by atoms with Crippen LogP contribution >= 0.6 is 15.9 Å². The maximum atomic E-state index is 13.2. The molecule has 0 aromatic heterocycles. The molecule has 0 atom stereocenters. The van der Waals surface area contributed by atoms with Gasteiger partial charge in [-0.1, -0.05) is 15.9 Å². The Morgan fingerprint density at radius 2 is 1.71 bits per heavy atom. The van der Waals surface area contributed by atoms with Gasteiger partial charge in [-0.05, 0) is 48.0 Å². The first-order valence-corrected chi connectivity index (χ1v) is 6.66. The second-order valence-electron chi connectivity index (χ2n) is 4.20. The molecule has 0 radical (unpaired) electrons. The Kier molecular flexibility index (Phi) is 4.72. The third kappa shape index (κ3) is 5.26. The number of hydrogen-bond donors (Lipinski definition) is 1. The van der Waals surface area contributed by atoms with E-state index in [0.29, 0.717) is 22.3 Å². The predicted molar refractivity (Wildman–Crippen MR) is 74.6 cm³/mol. The fraction of sp³-hybridized carbons (Fsp3) is 0.143. The van der Waals surface area contributed by atoms with Gasteiger partial charge in [-0.15, -0.1) is 13.2 Å². The van der Waals surface area contributed by atoms with Crippen molar-refractivity contribution in [2.75, 3.05) is 5.32 Å². The molecule has 0 bridgehead atoms. The van der Waals surface area contributed by atoms with Gasteiger partial charge in [0.05, 0.1) is 0 Å². The quantitative estimate of drug-likeness (QED) is 0.763. The molecule has 0 heterocycles. The van der Waals surface area contributed by atoms with Gasteiger partial charge in [0, 0.05) is 16.7 Å². The van der Waals surface area contributed by atoms with E-state index in [4.69, 9.17) is 0 Å². The molecule has 2 rings (SSSR count). The van der Waals surface area contributed by atoms with Crippen molar-refractivity contribution < 1.29 is 22.3 Å². The lowest BCUT2D eigenvalue weighted by molar-refractivity contribution is -0.274. The summed E-state index contributed by atoms with van der Waals surface area (Å²) in [5.41, 5.74) is 1.31. The molecular formula is C14H10BrF4NO. The molecule has 2 nitrogen and oxygen atoms in total. The largest absolute Gasteiger partial charge is 0.573 e. The zero-order valence-corrected chi connectivity index (χ0v) is 12.1. The number of ether oxygens (including phenoxy) is 1. The van der Waals surface area contributed by atoms with Crippen molar-refractivity contribution in [1.82, 2.24) is 0 Å². The Hall–Kier alpha value is -1.76. The van der Waals surface area contributed by atoms with Crippen molar-refractivity contribution in [2.24, 2.45) is 0 Å². The highest BCUT2D eigenvalue weighted by atomic mass is 79.9. The lowest BCUT2D eigenvalue weighted by atomic mass is 10.2. The Bertz CT molecular complexity index is 593. The zero-order valence-electron chi connectivity index (χ0n) is 10.5. The second kappa shape index (κ2) is 6.34. The van der Waals surface area contributed by atoms with Crippen molar-refractivity contribution in [3.05, 3.63) is 58.3 Å². The average Bonchev–Trinajstić information content (AvgIpc) is 2.35. The molecular weight excluding hydrogens is 354 g/mol. The van der Waals surface area contributed by atoms with Gasteiger partial charge in [0.25, 0.3) is 0 Å². The predicted octanol–water partition coefficient (Wildman–Crippen LogP) is 5.10. The molecule has 0 saturated carbocycles. The highest BCUT2D eigenvalue weighted by molar-refractivity contribution is 9.10. The number of hydrogen-bond acceptors (Lipinski definition) is 2. The Morgan fingerprint density at radius 1 is 1.05 bits per heavy atom. The summed E-state index contributed by atoms with van der Waals surface area (Å²) in [6, 6.07) is 9.78. The van der Waals surface area contributed by atoms with Crippen LogP contribution in [0.3, 0.4) is 0 Å². The van der Waals surface area contributed by atoms with Crippen molar-refractivity contribution >= 4 is 21.6 Å². The van der Waals surface area contributed by atoms with Crippen molar-refractivity contribution in [1.29, 1.82) is 0 Å². The molecule has 0 spiro atoms. The summed E-state index contributed by atoms with van der Waals surface area (Å²) < 4.78 is 53.6. The average molecular weight is 364 g/mol. The van der Waals surface area contributed by atoms with E-state index >= 15 is 0 Å². The number of anilines is 1. The molecule has 2 aromatic carbocycles. The molecule has 0 aliphatic heterocycles. The van der Waals surface area contributed by atoms with Gasteiger partial charge < -0.3 is 10.1 Å². The fourth-order valence-electron chi connectivity index (χ4n) is 1.69. The molecule has 112 valence electrons. The molecule has 0 aliphatic rings. The summed E-state index contributed by atoms with van der Waals surface area (Å²) in [5, 5.41) is 2.98. The molecule has 0 saturated heterocycles. The first-order valence-electron chi connectivity index (χ1n) is 5.86. The summed E-state index contributed by atoms with van der Waals surface area (Å²) in [7, 11) is 0. The van der Waals surface area contributed by atoms with Crippen molar-refractivity contribution in [3.8, 4) is 5.75 Å². The third-order valence-corrected chi connectivity index (χ3v) is 2.96. The van der Waals surface area contributed by atoms with Crippen LogP contribution in [0.2, 0.25) is 0 Å². The van der Waals surface area contributed by atoms with Crippen LogP contribution in [-0.4, -0.2) is 6.36 Å². The molecule has 7 heteroatoms. The SMILES string of the molecule is Fc1cc(Br)cc(CNc2ccc(OC(F)(F)F)cc2)c1. The van der Waals surface area contributed by atoms with Crippen LogP contribution in [0.4, 0.5) is 23.2 Å². The molecule has 0 aliphatic carbocycles. The Labute approximate surface area is 126 Å². The zero-order chi connectivity index (χ0) is 15.5. The van der Waals surface area contributed by atoms with Crippen LogP contribution in [0.1, 0.15) is 5.56 Å². The van der Waals surface area contributed by atoms with Gasteiger partial charge in [-0.3, -0.25) is 0 Å². The fourth-order valence-corrected chi connectivity index (χ4v) is 2.20. The second-order valence-corrected chi connectivity index (χ2v) is 5.12. The minimum atomic E-state index is -4.71. The topological polar surface area (TPSA) is 21.3 Å². The lowest BCUT2D eigenvalue weighted by Crippen LogP contribution is -2.17. The standard InChI is InChI=1S/C14H10BrF4NO/c15-10-5-9(6-11(16)7-10)8-20-12-1-3-13(4-2-12)21-14(17,18)19/h1-7,20H,8H2. The Morgan fingerprint density at radius 3 is 2.29 bits per heavy atom. The monoisotopic (exact) mass is 363 g/mol. The van der Waals surface area contributed by atoms with E-state index in [1.807, 2.05) is 0 Å². The van der Waals surface area contributed by atoms with Gasteiger partial charge in [0.1, 0.15) is 11.6 Å². The molecule has 0 fully saturated rings. The summed E-state index contributed by atoms with van der Waals surface area (Å²) in [4.78, 5) is 0. The highest BCUT2D eigenvalue weighted by Gasteiger charge is 2.30. The summed E-state index contributed by atoms with van der Waals surface area (Å²) in [5.74, 6) is -0.656. The van der Waals surface area contributed by atoms with E-state index in [1.165, 1.54) is 36.4 Å². The van der Waals surface area contributed by atoms with E-state index < -0.39 is 6.36 Å². The maximum Gasteiger partial charge on any atom is 0.573 e. The first-order chi connectivity index (χ1) is 9.82. The molecule has 0 amide bonds. The number of nitrogens with one attached hydrogen (secondary N) is 1. The normalized spacial score (nSPS) is 11.3. The number of alkyl halides is 3. The van der Waals surface area contributed by atoms with E-state index in [9.17, 15) is 17.6 Å². The van der Waals surface area contributed by atoms with Gasteiger partial charge in [-0.2, -0.15) is 0 Å². The molecule has 1 N–H and O–H groups in total. The van der Waals surface area contributed by atoms with Gasteiger partial charge in [-0.25, -0.2) is 4.39 Å². The summed E-state index contributed by atoms with van der Waals surface area (Å²) in [6.45, 7) is 0.343. The van der Waals surface area contributed by atoms with Gasteiger partial charge in [0.15, 0.2) is 0 Å². The van der Waals surface area contributed by atoms with Crippen LogP contribution in [-0.2, 0) is 6.54 Å². The van der Waals surface area contributed by atoms with Crippen LogP contribution in [0, 0.1) is 5.82 Å². The molecule has 21 heavy (non-hydrogen) atoms. The number of halogens is 5. The van der Waals surface area contributed by atoms with Crippen LogP contribution in [0.5, 0.6) is 5.75 Å². The van der Waals surface area contributed by atoms with Crippen LogP contribution < -0.4 is 10.1 Å². The van der Waals surface area contributed by atoms with Crippen molar-refractivity contribution in [2.45, 2.75) is 12.9 Å². The summed E-state index contributed by atoms with van der Waals surface area (Å²) in [6.07, 6.45) is -4.71. The highest BCUT2D eigenvalue weighted by Crippen LogP contribution is 2.24. The van der Waals surface area contributed by atoms with E-state index in [2.05, 4.69) is 26.0 Å². The molecule has 2 aromatic rings. The van der Waals surface area contributed by atoms with E-state index in [1.54, 1.807) is 6.07 Å². The maximum absolute atomic E-state index is 13.2. The van der Waals surface area contributed by atoms with E-state index in [-0.39, 0.29) is 11.6 Å². The van der Waals surface area contributed by atoms with Gasteiger partial charge >= 0.3 is 6.36 Å².